The van der Waals surface area contributed by atoms with Crippen LogP contribution in [0.15, 0.2) is 52.3 Å². The van der Waals surface area contributed by atoms with Crippen LogP contribution < -0.4 is 10.9 Å². The predicted octanol–water partition coefficient (Wildman–Crippen LogP) is 5.28. The first-order chi connectivity index (χ1) is 13.1. The Morgan fingerprint density at radius 2 is 1.96 bits per heavy atom. The summed E-state index contributed by atoms with van der Waals surface area (Å²) in [6.45, 7) is 3.10. The maximum Gasteiger partial charge on any atom is 0.258 e. The molecule has 2 aromatic carbocycles. The average molecular weight is 383 g/mol. The van der Waals surface area contributed by atoms with Crippen LogP contribution in [0, 0.1) is 11.7 Å². The van der Waals surface area contributed by atoms with Gasteiger partial charge in [0, 0.05) is 41.5 Å². The van der Waals surface area contributed by atoms with Crippen LogP contribution in [-0.4, -0.2) is 16.9 Å². The van der Waals surface area contributed by atoms with Crippen molar-refractivity contribution >= 4 is 28.2 Å². The number of anilines is 1. The Kier molecular flexibility index (Phi) is 4.96. The third-order valence-corrected chi connectivity index (χ3v) is 5.89. The molecule has 3 nitrogen and oxygen atoms in total. The number of rotatable bonds is 6. The minimum atomic E-state index is -0.390. The molecule has 1 aliphatic carbocycles. The van der Waals surface area contributed by atoms with Gasteiger partial charge in [-0.3, -0.25) is 4.79 Å². The molecule has 5 heteroatoms. The van der Waals surface area contributed by atoms with Crippen LogP contribution in [-0.2, 0) is 7.05 Å². The molecule has 0 unspecified atom stereocenters. The van der Waals surface area contributed by atoms with Crippen LogP contribution in [0.2, 0.25) is 0 Å². The zero-order valence-corrected chi connectivity index (χ0v) is 16.4. The number of thioether (sulfide) groups is 1. The number of nitrogens with zero attached hydrogens (tertiary/aromatic N) is 1. The minimum absolute atomic E-state index is 0.181. The van der Waals surface area contributed by atoms with E-state index in [9.17, 15) is 9.18 Å². The summed E-state index contributed by atoms with van der Waals surface area (Å²) in [7, 11) is 1.72. The second-order valence-electron chi connectivity index (χ2n) is 7.11. The molecule has 0 saturated heterocycles. The molecule has 1 N–H and O–H groups in total. The molecule has 4 rings (SSSR count). The highest BCUT2D eigenvalue weighted by Crippen LogP contribution is 2.37. The number of aryl methyl sites for hydroxylation is 1. The predicted molar refractivity (Wildman–Crippen MR) is 112 cm³/mol. The topological polar surface area (TPSA) is 34.0 Å². The van der Waals surface area contributed by atoms with E-state index < -0.39 is 0 Å². The van der Waals surface area contributed by atoms with Gasteiger partial charge in [0.1, 0.15) is 5.82 Å². The van der Waals surface area contributed by atoms with Crippen molar-refractivity contribution in [2.75, 3.05) is 17.6 Å². The molecule has 1 fully saturated rings. The van der Waals surface area contributed by atoms with Gasteiger partial charge in [-0.05, 0) is 60.2 Å². The zero-order valence-electron chi connectivity index (χ0n) is 15.6. The van der Waals surface area contributed by atoms with E-state index in [2.05, 4.69) is 30.4 Å². The van der Waals surface area contributed by atoms with E-state index in [-0.39, 0.29) is 11.4 Å². The van der Waals surface area contributed by atoms with Crippen molar-refractivity contribution in [2.24, 2.45) is 13.0 Å². The van der Waals surface area contributed by atoms with E-state index in [4.69, 9.17) is 0 Å². The highest BCUT2D eigenvalue weighted by Gasteiger charge is 2.21. The molecule has 0 bridgehead atoms. The number of benzene rings is 2. The van der Waals surface area contributed by atoms with Gasteiger partial charge in [-0.1, -0.05) is 13.0 Å². The summed E-state index contributed by atoms with van der Waals surface area (Å²) in [4.78, 5) is 13.7. The Hall–Kier alpha value is -2.27. The molecule has 1 saturated carbocycles. The normalized spacial score (nSPS) is 13.9. The van der Waals surface area contributed by atoms with E-state index >= 15 is 0 Å². The van der Waals surface area contributed by atoms with Crippen LogP contribution in [0.4, 0.5) is 10.1 Å². The van der Waals surface area contributed by atoms with Crippen molar-refractivity contribution in [2.45, 2.75) is 24.7 Å². The third-order valence-electron chi connectivity index (χ3n) is 5.02. The van der Waals surface area contributed by atoms with Gasteiger partial charge in [-0.15, -0.1) is 11.8 Å². The maximum absolute atomic E-state index is 13.8. The highest BCUT2D eigenvalue weighted by molar-refractivity contribution is 7.99. The standard InChI is InChI=1S/C22H23FN2OS/c1-3-27-16-7-9-21(24-12-14-4-5-14)18(11-16)20-13-25(2)22(26)19-10-15(23)6-8-17(19)20/h6-11,13-14,24H,3-5,12H2,1-2H3. The van der Waals surface area contributed by atoms with Gasteiger partial charge in [-0.2, -0.15) is 0 Å². The first-order valence-corrected chi connectivity index (χ1v) is 10.4. The molecule has 0 spiro atoms. The van der Waals surface area contributed by atoms with Crippen molar-refractivity contribution < 1.29 is 4.39 Å². The third kappa shape index (κ3) is 3.74. The summed E-state index contributed by atoms with van der Waals surface area (Å²) >= 11 is 1.79. The Morgan fingerprint density at radius 3 is 2.70 bits per heavy atom. The lowest BCUT2D eigenvalue weighted by Gasteiger charge is -2.16. The van der Waals surface area contributed by atoms with Crippen LogP contribution in [0.3, 0.4) is 0 Å². The van der Waals surface area contributed by atoms with Gasteiger partial charge in [0.15, 0.2) is 0 Å². The number of hydrogen-bond acceptors (Lipinski definition) is 3. The van der Waals surface area contributed by atoms with Gasteiger partial charge in [0.2, 0.25) is 0 Å². The first-order valence-electron chi connectivity index (χ1n) is 9.37. The summed E-state index contributed by atoms with van der Waals surface area (Å²) in [5.74, 6) is 1.36. The van der Waals surface area contributed by atoms with E-state index in [0.717, 1.165) is 40.4 Å². The molecule has 0 aliphatic heterocycles. The SMILES string of the molecule is CCSc1ccc(NCC2CC2)c(-c2cn(C)c(=O)c3cc(F)ccc23)c1. The molecule has 1 aliphatic rings. The molecule has 0 radical (unpaired) electrons. The largest absolute Gasteiger partial charge is 0.384 e. The molecule has 140 valence electrons. The van der Waals surface area contributed by atoms with Gasteiger partial charge >= 0.3 is 0 Å². The lowest BCUT2D eigenvalue weighted by atomic mass is 9.99. The Morgan fingerprint density at radius 1 is 1.15 bits per heavy atom. The average Bonchev–Trinajstić information content (AvgIpc) is 3.48. The van der Waals surface area contributed by atoms with Gasteiger partial charge in [0.25, 0.3) is 5.56 Å². The van der Waals surface area contributed by atoms with Gasteiger partial charge in [-0.25, -0.2) is 4.39 Å². The van der Waals surface area contributed by atoms with E-state index in [0.29, 0.717) is 5.39 Å². The monoisotopic (exact) mass is 382 g/mol. The van der Waals surface area contributed by atoms with E-state index in [1.165, 1.54) is 29.9 Å². The van der Waals surface area contributed by atoms with Gasteiger partial charge in [0.05, 0.1) is 5.39 Å². The Balaban J connectivity index is 1.91. The van der Waals surface area contributed by atoms with Crippen LogP contribution in [0.25, 0.3) is 21.9 Å². The molecule has 0 amide bonds. The quantitative estimate of drug-likeness (QED) is 0.589. The van der Waals surface area contributed by atoms with Crippen molar-refractivity contribution in [1.82, 2.24) is 4.57 Å². The van der Waals surface area contributed by atoms with Crippen molar-refractivity contribution in [1.29, 1.82) is 0 Å². The first kappa shape index (κ1) is 18.1. The number of halogens is 1. The molecule has 3 aromatic rings. The van der Waals surface area contributed by atoms with Crippen LogP contribution >= 0.6 is 11.8 Å². The maximum atomic E-state index is 13.8. The van der Waals surface area contributed by atoms with E-state index in [1.54, 1.807) is 29.4 Å². The van der Waals surface area contributed by atoms with Crippen molar-refractivity contribution in [3.05, 3.63) is 58.8 Å². The van der Waals surface area contributed by atoms with Gasteiger partial charge < -0.3 is 9.88 Å². The molecule has 0 atom stereocenters. The van der Waals surface area contributed by atoms with Crippen LogP contribution in [0.1, 0.15) is 19.8 Å². The summed E-state index contributed by atoms with van der Waals surface area (Å²) in [6, 6.07) is 10.9. The lowest BCUT2D eigenvalue weighted by molar-refractivity contribution is 0.629. The fraction of sp³-hybridized carbons (Fsp3) is 0.318. The molecule has 1 aromatic heterocycles. The second-order valence-corrected chi connectivity index (χ2v) is 8.45. The second kappa shape index (κ2) is 7.39. The number of pyridine rings is 1. The van der Waals surface area contributed by atoms with Crippen LogP contribution in [0.5, 0.6) is 0 Å². The number of hydrogen-bond donors (Lipinski definition) is 1. The molecular formula is C22H23FN2OS. The number of nitrogens with one attached hydrogen (secondary N) is 1. The minimum Gasteiger partial charge on any atom is -0.384 e. The molecule has 27 heavy (non-hydrogen) atoms. The summed E-state index contributed by atoms with van der Waals surface area (Å²) in [5.41, 5.74) is 2.89. The fourth-order valence-electron chi connectivity index (χ4n) is 3.39. The summed E-state index contributed by atoms with van der Waals surface area (Å²) in [6.07, 6.45) is 4.43. The fourth-order valence-corrected chi connectivity index (χ4v) is 4.09. The Labute approximate surface area is 162 Å². The number of aromatic nitrogens is 1. The summed E-state index contributed by atoms with van der Waals surface area (Å²) in [5, 5.41) is 4.78. The zero-order chi connectivity index (χ0) is 19.0. The summed E-state index contributed by atoms with van der Waals surface area (Å²) < 4.78 is 15.3. The van der Waals surface area contributed by atoms with Crippen molar-refractivity contribution in [3.63, 3.8) is 0 Å². The number of fused-ring (bicyclic) bond motifs is 1. The lowest BCUT2D eigenvalue weighted by Crippen LogP contribution is -2.17. The Bertz CT molecular complexity index is 1060. The molecule has 1 heterocycles. The van der Waals surface area contributed by atoms with Crippen molar-refractivity contribution in [3.8, 4) is 11.1 Å². The smallest absolute Gasteiger partial charge is 0.258 e. The molecular weight excluding hydrogens is 359 g/mol. The highest BCUT2D eigenvalue weighted by atomic mass is 32.2. The van der Waals surface area contributed by atoms with E-state index in [1.807, 2.05) is 6.20 Å².